The number of para-hydroxylation sites is 1. The van der Waals surface area contributed by atoms with Crippen molar-refractivity contribution in [2.45, 2.75) is 6.54 Å². The van der Waals surface area contributed by atoms with Crippen molar-refractivity contribution >= 4 is 27.6 Å². The Morgan fingerprint density at radius 3 is 2.37 bits per heavy atom. The number of halogens is 1. The molecule has 0 bridgehead atoms. The zero-order valence-electron chi connectivity index (χ0n) is 10.1. The number of hydrogen-bond donors (Lipinski definition) is 1. The van der Waals surface area contributed by atoms with Crippen molar-refractivity contribution in [3.05, 3.63) is 54.7 Å². The van der Waals surface area contributed by atoms with Gasteiger partial charge < -0.3 is 22.1 Å². The van der Waals surface area contributed by atoms with E-state index in [1.807, 2.05) is 48.7 Å². The molecule has 2 aromatic carbocycles. The second-order valence-corrected chi connectivity index (χ2v) is 4.26. The van der Waals surface area contributed by atoms with Gasteiger partial charge in [0.05, 0.1) is 5.39 Å². The third kappa shape index (κ3) is 2.44. The predicted molar refractivity (Wildman–Crippen MR) is 69.3 cm³/mol. The zero-order chi connectivity index (χ0) is 12.5. The van der Waals surface area contributed by atoms with Crippen LogP contribution in [0.5, 0.6) is 0 Å². The largest absolute Gasteiger partial charge is 1.00 e. The quantitative estimate of drug-likeness (QED) is 0.505. The van der Waals surface area contributed by atoms with Crippen LogP contribution in [0.25, 0.3) is 21.7 Å². The Morgan fingerprint density at radius 2 is 1.63 bits per heavy atom. The number of carboxylic acids is 1. The highest BCUT2D eigenvalue weighted by Crippen LogP contribution is 2.21. The summed E-state index contributed by atoms with van der Waals surface area (Å²) < 4.78 is 1.78. The first-order chi connectivity index (χ1) is 8.75. The summed E-state index contributed by atoms with van der Waals surface area (Å²) in [6, 6.07) is 15.9. The topological polar surface area (TPSA) is 41.2 Å². The second kappa shape index (κ2) is 5.36. The van der Waals surface area contributed by atoms with Crippen molar-refractivity contribution in [1.82, 2.24) is 0 Å². The van der Waals surface area contributed by atoms with E-state index in [9.17, 15) is 4.79 Å². The van der Waals surface area contributed by atoms with Crippen LogP contribution in [0.4, 0.5) is 0 Å². The van der Waals surface area contributed by atoms with E-state index in [0.29, 0.717) is 0 Å². The normalized spacial score (nSPS) is 10.3. The molecule has 3 nitrogen and oxygen atoms in total. The fourth-order valence-corrected chi connectivity index (χ4v) is 2.32. The van der Waals surface area contributed by atoms with Gasteiger partial charge in [0.1, 0.15) is 0 Å². The van der Waals surface area contributed by atoms with Gasteiger partial charge in [-0.2, -0.15) is 4.57 Å². The molecule has 0 aliphatic carbocycles. The lowest BCUT2D eigenvalue weighted by atomic mass is 10.1. The second-order valence-electron chi connectivity index (χ2n) is 4.26. The van der Waals surface area contributed by atoms with Crippen molar-refractivity contribution in [3.8, 4) is 0 Å². The summed E-state index contributed by atoms with van der Waals surface area (Å²) in [6.45, 7) is -0.0225. The molecule has 0 spiro atoms. The Labute approximate surface area is 120 Å². The molecule has 4 heteroatoms. The van der Waals surface area contributed by atoms with Gasteiger partial charge in [-0.1, -0.05) is 30.3 Å². The number of fused-ring (bicyclic) bond motifs is 3. The fraction of sp³-hybridized carbons (Fsp3) is 0.0667. The van der Waals surface area contributed by atoms with Gasteiger partial charge in [-0.05, 0) is 12.1 Å². The van der Waals surface area contributed by atoms with Crippen LogP contribution in [0.1, 0.15) is 0 Å². The lowest BCUT2D eigenvalue weighted by molar-refractivity contribution is -0.658. The first-order valence-electron chi connectivity index (χ1n) is 5.77. The Kier molecular flexibility index (Phi) is 3.81. The van der Waals surface area contributed by atoms with Crippen LogP contribution in [0.2, 0.25) is 0 Å². The molecule has 0 fully saturated rings. The number of carbonyl (C=O) groups is 1. The minimum Gasteiger partial charge on any atom is -1.00 e. The van der Waals surface area contributed by atoms with Crippen LogP contribution in [0.15, 0.2) is 54.7 Å². The lowest BCUT2D eigenvalue weighted by Crippen LogP contribution is -3.00. The van der Waals surface area contributed by atoms with E-state index in [0.717, 1.165) is 21.7 Å². The number of nitrogens with zero attached hydrogens (tertiary/aromatic N) is 1. The van der Waals surface area contributed by atoms with E-state index in [-0.39, 0.29) is 23.5 Å². The molecule has 0 aliphatic heterocycles. The van der Waals surface area contributed by atoms with E-state index >= 15 is 0 Å². The molecule has 0 aliphatic rings. The van der Waals surface area contributed by atoms with Crippen molar-refractivity contribution in [2.24, 2.45) is 0 Å². The summed E-state index contributed by atoms with van der Waals surface area (Å²) >= 11 is 0. The van der Waals surface area contributed by atoms with Crippen LogP contribution >= 0.6 is 0 Å². The fourth-order valence-electron chi connectivity index (χ4n) is 2.32. The van der Waals surface area contributed by atoms with Crippen LogP contribution in [-0.4, -0.2) is 11.1 Å². The van der Waals surface area contributed by atoms with Crippen LogP contribution in [-0.2, 0) is 11.3 Å². The van der Waals surface area contributed by atoms with Crippen LogP contribution in [0, 0.1) is 0 Å². The van der Waals surface area contributed by atoms with Gasteiger partial charge in [-0.15, -0.1) is 0 Å². The monoisotopic (exact) mass is 317 g/mol. The number of aromatic nitrogens is 1. The van der Waals surface area contributed by atoms with E-state index in [1.165, 1.54) is 0 Å². The highest BCUT2D eigenvalue weighted by atomic mass is 79.9. The maximum absolute atomic E-state index is 10.9. The Balaban J connectivity index is 0.00000133. The third-order valence-corrected chi connectivity index (χ3v) is 3.06. The lowest BCUT2D eigenvalue weighted by Gasteiger charge is -2.03. The standard InChI is InChI=1S/C15H11NO2.BrH/c17-15(18)10-16-9-11-5-1-2-6-12(11)13-7-3-4-8-14(13)16;/h1-9H,10H2;1H. The molecule has 0 radical (unpaired) electrons. The number of benzene rings is 2. The molecule has 1 heterocycles. The highest BCUT2D eigenvalue weighted by molar-refractivity contribution is 6.03. The summed E-state index contributed by atoms with van der Waals surface area (Å²) in [5.74, 6) is -0.833. The van der Waals surface area contributed by atoms with E-state index in [1.54, 1.807) is 4.57 Å². The average Bonchev–Trinajstić information content (AvgIpc) is 2.38. The average molecular weight is 318 g/mol. The number of carboxylic acid groups (broad SMARTS) is 1. The summed E-state index contributed by atoms with van der Waals surface area (Å²) in [5.41, 5.74) is 0.943. The predicted octanol–water partition coefficient (Wildman–Crippen LogP) is -0.631. The van der Waals surface area contributed by atoms with Gasteiger partial charge in [-0.25, -0.2) is 4.79 Å². The Morgan fingerprint density at radius 1 is 1.00 bits per heavy atom. The molecule has 1 N–H and O–H groups in total. The number of hydrogen-bond acceptors (Lipinski definition) is 1. The molecule has 0 unspecified atom stereocenters. The summed E-state index contributed by atoms with van der Waals surface area (Å²) in [4.78, 5) is 10.9. The number of aliphatic carboxylic acids is 1. The van der Waals surface area contributed by atoms with Crippen molar-refractivity contribution in [3.63, 3.8) is 0 Å². The Hall–Kier alpha value is -1.94. The van der Waals surface area contributed by atoms with E-state index < -0.39 is 5.97 Å². The third-order valence-electron chi connectivity index (χ3n) is 3.06. The van der Waals surface area contributed by atoms with E-state index in [2.05, 4.69) is 6.07 Å². The first kappa shape index (κ1) is 13.5. The van der Waals surface area contributed by atoms with Crippen LogP contribution in [0.3, 0.4) is 0 Å². The molecular formula is C15H12BrNO2. The molecule has 3 aromatic rings. The summed E-state index contributed by atoms with van der Waals surface area (Å²) in [6.07, 6.45) is 1.89. The van der Waals surface area contributed by atoms with Gasteiger partial charge in [-0.3, -0.25) is 0 Å². The molecule has 96 valence electrons. The molecule has 0 saturated heterocycles. The van der Waals surface area contributed by atoms with Gasteiger partial charge in [0.25, 0.3) is 0 Å². The van der Waals surface area contributed by atoms with Gasteiger partial charge in [0, 0.05) is 16.8 Å². The molecule has 3 rings (SSSR count). The SMILES string of the molecule is O=C(O)C[n+]1cc2ccccc2c2ccccc21.[Br-]. The van der Waals surface area contributed by atoms with Gasteiger partial charge in [0.15, 0.2) is 6.20 Å². The molecule has 1 aromatic heterocycles. The van der Waals surface area contributed by atoms with Crippen molar-refractivity contribution in [1.29, 1.82) is 0 Å². The van der Waals surface area contributed by atoms with Crippen molar-refractivity contribution < 1.29 is 31.4 Å². The molecule has 19 heavy (non-hydrogen) atoms. The maximum Gasteiger partial charge on any atom is 0.370 e. The summed E-state index contributed by atoms with van der Waals surface area (Å²) in [5, 5.41) is 12.3. The number of rotatable bonds is 2. The zero-order valence-corrected chi connectivity index (χ0v) is 11.7. The molecule has 0 saturated carbocycles. The smallest absolute Gasteiger partial charge is 0.370 e. The van der Waals surface area contributed by atoms with Gasteiger partial charge >= 0.3 is 5.97 Å². The first-order valence-corrected chi connectivity index (χ1v) is 5.77. The highest BCUT2D eigenvalue weighted by Gasteiger charge is 2.15. The maximum atomic E-state index is 10.9. The van der Waals surface area contributed by atoms with Gasteiger partial charge in [0.2, 0.25) is 12.1 Å². The number of pyridine rings is 1. The minimum atomic E-state index is -0.833. The molecule has 0 atom stereocenters. The minimum absolute atomic E-state index is 0. The van der Waals surface area contributed by atoms with E-state index in [4.69, 9.17) is 5.11 Å². The summed E-state index contributed by atoms with van der Waals surface area (Å²) in [7, 11) is 0. The molecular weight excluding hydrogens is 306 g/mol. The van der Waals surface area contributed by atoms with Crippen molar-refractivity contribution in [2.75, 3.05) is 0 Å². The molecule has 0 amide bonds. The van der Waals surface area contributed by atoms with Crippen LogP contribution < -0.4 is 21.5 Å². The Bertz CT molecular complexity index is 755.